The fraction of sp³-hybridized carbons (Fsp3) is 0.440. The highest BCUT2D eigenvalue weighted by Crippen LogP contribution is 2.35. The molecule has 0 saturated heterocycles. The number of aromatic nitrogens is 3. The maximum atomic E-state index is 12.8. The van der Waals surface area contributed by atoms with Crippen molar-refractivity contribution in [2.24, 2.45) is 0 Å². The van der Waals surface area contributed by atoms with Gasteiger partial charge < -0.3 is 9.47 Å². The van der Waals surface area contributed by atoms with Crippen LogP contribution in [0, 0.1) is 6.92 Å². The molecule has 0 bridgehead atoms. The summed E-state index contributed by atoms with van der Waals surface area (Å²) in [4.78, 5) is 34.1. The fourth-order valence-corrected chi connectivity index (χ4v) is 4.72. The van der Waals surface area contributed by atoms with Crippen LogP contribution in [0.2, 0.25) is 35.7 Å². The van der Waals surface area contributed by atoms with E-state index in [0.29, 0.717) is 44.9 Å². The summed E-state index contributed by atoms with van der Waals surface area (Å²) < 4.78 is 12.6. The van der Waals surface area contributed by atoms with Crippen LogP contribution in [0.15, 0.2) is 24.4 Å². The van der Waals surface area contributed by atoms with Crippen molar-refractivity contribution < 1.29 is 19.1 Å². The second kappa shape index (κ2) is 10.8. The van der Waals surface area contributed by atoms with E-state index in [2.05, 4.69) is 34.9 Å². The molecular weight excluding hydrogens is 519 g/mol. The van der Waals surface area contributed by atoms with Crippen molar-refractivity contribution in [2.45, 2.75) is 65.4 Å². The van der Waals surface area contributed by atoms with Gasteiger partial charge in [-0.3, -0.25) is 14.5 Å². The lowest BCUT2D eigenvalue weighted by molar-refractivity contribution is -0.153. The monoisotopic (exact) mass is 550 g/mol. The molecular formula is C25H32Cl2N4O4Si. The van der Waals surface area contributed by atoms with E-state index in [1.54, 1.807) is 35.7 Å². The van der Waals surface area contributed by atoms with E-state index in [1.165, 1.54) is 0 Å². The molecule has 2 aromatic heterocycles. The highest BCUT2D eigenvalue weighted by Gasteiger charge is 2.24. The topological polar surface area (TPSA) is 94.8 Å². The Labute approximate surface area is 222 Å². The Bertz CT molecular complexity index is 1300. The first-order chi connectivity index (χ1) is 16.6. The van der Waals surface area contributed by atoms with Gasteiger partial charge in [-0.15, -0.1) is 0 Å². The van der Waals surface area contributed by atoms with Crippen molar-refractivity contribution in [3.8, 4) is 11.3 Å². The number of benzene rings is 1. The Morgan fingerprint density at radius 2 is 1.83 bits per heavy atom. The number of anilines is 1. The first-order valence-electron chi connectivity index (χ1n) is 11.6. The number of halogens is 2. The first kappa shape index (κ1) is 28.0. The lowest BCUT2D eigenvalue weighted by Gasteiger charge is -2.21. The summed E-state index contributed by atoms with van der Waals surface area (Å²) in [6, 6.07) is 5.98. The summed E-state index contributed by atoms with van der Waals surface area (Å²) >= 11 is 12.7. The summed E-state index contributed by atoms with van der Waals surface area (Å²) in [5.41, 5.74) is 1.82. The van der Waals surface area contributed by atoms with Crippen molar-refractivity contribution in [1.82, 2.24) is 14.4 Å². The van der Waals surface area contributed by atoms with E-state index < -0.39 is 25.7 Å². The maximum Gasteiger partial charge on any atom is 0.412 e. The van der Waals surface area contributed by atoms with Crippen LogP contribution in [0.5, 0.6) is 0 Å². The summed E-state index contributed by atoms with van der Waals surface area (Å²) in [5.74, 6) is 0.196. The SMILES string of the molecule is Cc1nc2nc(NC(=O)OCC[Si](C)(C)C)cn2c(-c2ccc(Cl)cc2Cl)c1CC(=O)OC(C)(C)C. The number of aryl methyl sites for hydroxylation is 1. The lowest BCUT2D eigenvalue weighted by atomic mass is 10.0. The number of hydrogen-bond donors (Lipinski definition) is 1. The zero-order chi connectivity index (χ0) is 26.8. The van der Waals surface area contributed by atoms with Crippen molar-refractivity contribution in [2.75, 3.05) is 11.9 Å². The molecule has 0 unspecified atom stereocenters. The van der Waals surface area contributed by atoms with Crippen molar-refractivity contribution in [1.29, 1.82) is 0 Å². The first-order valence-corrected chi connectivity index (χ1v) is 16.1. The highest BCUT2D eigenvalue weighted by molar-refractivity contribution is 6.76. The molecule has 0 atom stereocenters. The Balaban J connectivity index is 2.03. The van der Waals surface area contributed by atoms with Gasteiger partial charge in [-0.2, -0.15) is 4.98 Å². The number of rotatable bonds is 7. The smallest absolute Gasteiger partial charge is 0.412 e. The normalized spacial score (nSPS) is 12.0. The maximum absolute atomic E-state index is 12.8. The average molecular weight is 552 g/mol. The Kier molecular flexibility index (Phi) is 8.37. The number of fused-ring (bicyclic) bond motifs is 1. The van der Waals surface area contributed by atoms with Crippen molar-refractivity contribution in [3.05, 3.63) is 45.7 Å². The van der Waals surface area contributed by atoms with Crippen molar-refractivity contribution in [3.63, 3.8) is 0 Å². The third-order valence-corrected chi connectivity index (χ3v) is 7.41. The van der Waals surface area contributed by atoms with Crippen LogP contribution in [0.3, 0.4) is 0 Å². The Morgan fingerprint density at radius 3 is 2.44 bits per heavy atom. The van der Waals surface area contributed by atoms with Gasteiger partial charge in [0.2, 0.25) is 5.78 Å². The molecule has 1 amide bonds. The van der Waals surface area contributed by atoms with Crippen molar-refractivity contribution >= 4 is 54.9 Å². The van der Waals surface area contributed by atoms with E-state index in [-0.39, 0.29) is 12.2 Å². The molecule has 1 N–H and O–H groups in total. The van der Waals surface area contributed by atoms with Gasteiger partial charge in [0.05, 0.1) is 29.9 Å². The molecule has 0 saturated carbocycles. The van der Waals surface area contributed by atoms with Gasteiger partial charge in [0.1, 0.15) is 5.60 Å². The minimum Gasteiger partial charge on any atom is -0.460 e. The number of imidazole rings is 1. The largest absolute Gasteiger partial charge is 0.460 e. The molecule has 0 aliphatic carbocycles. The fourth-order valence-electron chi connectivity index (χ4n) is 3.51. The molecule has 3 rings (SSSR count). The third-order valence-electron chi connectivity index (χ3n) is 5.16. The minimum absolute atomic E-state index is 0.0278. The molecule has 11 heteroatoms. The number of esters is 1. The molecule has 8 nitrogen and oxygen atoms in total. The quantitative estimate of drug-likeness (QED) is 0.257. The van der Waals surface area contributed by atoms with Crippen LogP contribution in [0.1, 0.15) is 32.0 Å². The third kappa shape index (κ3) is 7.44. The summed E-state index contributed by atoms with van der Waals surface area (Å²) in [6.07, 6.45) is 1.01. The molecule has 2 heterocycles. The van der Waals surface area contributed by atoms with Gasteiger partial charge in [0.15, 0.2) is 5.82 Å². The summed E-state index contributed by atoms with van der Waals surface area (Å²) in [6.45, 7) is 14.2. The van der Waals surface area contributed by atoms with E-state index in [4.69, 9.17) is 32.7 Å². The van der Waals surface area contributed by atoms with Crippen LogP contribution in [0.4, 0.5) is 10.6 Å². The van der Waals surface area contributed by atoms with Gasteiger partial charge in [-0.25, -0.2) is 9.78 Å². The van der Waals surface area contributed by atoms with Crippen LogP contribution >= 0.6 is 23.2 Å². The number of carbonyl (C=O) groups excluding carboxylic acids is 2. The van der Waals surface area contributed by atoms with E-state index in [9.17, 15) is 9.59 Å². The molecule has 0 aliphatic heterocycles. The zero-order valence-corrected chi connectivity index (χ0v) is 24.2. The minimum atomic E-state index is -1.33. The van der Waals surface area contributed by atoms with Gasteiger partial charge in [-0.05, 0) is 51.9 Å². The Hall–Kier alpha value is -2.62. The predicted molar refractivity (Wildman–Crippen MR) is 146 cm³/mol. The predicted octanol–water partition coefficient (Wildman–Crippen LogP) is 6.78. The molecule has 194 valence electrons. The van der Waals surface area contributed by atoms with Gasteiger partial charge in [0, 0.05) is 29.9 Å². The molecule has 36 heavy (non-hydrogen) atoms. The molecule has 1 aromatic carbocycles. The lowest BCUT2D eigenvalue weighted by Crippen LogP contribution is -2.25. The standard InChI is InChI=1S/C25H32Cl2N4O4Si/c1-15-18(13-21(32)35-25(2,3)4)22(17-9-8-16(26)12-19(17)27)31-14-20(29-23(31)28-15)30-24(33)34-10-11-36(5,6)7/h8-9,12,14H,10-11,13H2,1-7H3,(H,30,33). The van der Waals surface area contributed by atoms with Gasteiger partial charge in [-0.1, -0.05) is 42.8 Å². The van der Waals surface area contributed by atoms with Crippen LogP contribution < -0.4 is 5.32 Å². The van der Waals surface area contributed by atoms with E-state index >= 15 is 0 Å². The molecule has 0 spiro atoms. The van der Waals surface area contributed by atoms with E-state index in [0.717, 1.165) is 6.04 Å². The van der Waals surface area contributed by atoms with Crippen LogP contribution in [-0.2, 0) is 20.7 Å². The molecule has 0 radical (unpaired) electrons. The summed E-state index contributed by atoms with van der Waals surface area (Å²) in [7, 11) is -1.33. The average Bonchev–Trinajstić information content (AvgIpc) is 3.08. The number of hydrogen-bond acceptors (Lipinski definition) is 6. The number of nitrogens with one attached hydrogen (secondary N) is 1. The van der Waals surface area contributed by atoms with E-state index in [1.807, 2.05) is 20.8 Å². The Morgan fingerprint density at radius 1 is 1.14 bits per heavy atom. The molecule has 3 aromatic rings. The number of ether oxygens (including phenoxy) is 2. The van der Waals surface area contributed by atoms with Crippen LogP contribution in [0.25, 0.3) is 17.0 Å². The van der Waals surface area contributed by atoms with Gasteiger partial charge in [0.25, 0.3) is 0 Å². The number of nitrogens with zero attached hydrogens (tertiary/aromatic N) is 3. The molecule has 0 fully saturated rings. The van der Waals surface area contributed by atoms with Crippen LogP contribution in [-0.4, -0.2) is 46.7 Å². The number of carbonyl (C=O) groups is 2. The highest BCUT2D eigenvalue weighted by atomic mass is 35.5. The zero-order valence-electron chi connectivity index (χ0n) is 21.7. The second-order valence-corrected chi connectivity index (χ2v) is 17.2. The number of amides is 1. The molecule has 0 aliphatic rings. The second-order valence-electron chi connectivity index (χ2n) is 10.8. The summed E-state index contributed by atoms with van der Waals surface area (Å²) in [5, 5.41) is 3.54. The van der Waals surface area contributed by atoms with Gasteiger partial charge >= 0.3 is 12.1 Å².